The second-order valence-electron chi connectivity index (χ2n) is 3.78. The van der Waals surface area contributed by atoms with Gasteiger partial charge in [0.15, 0.2) is 0 Å². The highest BCUT2D eigenvalue weighted by Crippen LogP contribution is 2.23. The van der Waals surface area contributed by atoms with Gasteiger partial charge in [0.25, 0.3) is 11.6 Å². The predicted octanol–water partition coefficient (Wildman–Crippen LogP) is 1.88. The standard InChI is InChI=1S/C10H10ClN3O3/c11-9-5-7(8(6-12-9)14(16)17)10(15)13-3-1-2-4-13/h5-6H,1-4H2. The van der Waals surface area contributed by atoms with Gasteiger partial charge in [-0.1, -0.05) is 11.6 Å². The number of carbonyl (C=O) groups excluding carboxylic acids is 1. The highest BCUT2D eigenvalue weighted by Gasteiger charge is 2.27. The van der Waals surface area contributed by atoms with E-state index >= 15 is 0 Å². The quantitative estimate of drug-likeness (QED) is 0.459. The van der Waals surface area contributed by atoms with Crippen molar-refractivity contribution >= 4 is 23.2 Å². The van der Waals surface area contributed by atoms with Crippen LogP contribution in [0, 0.1) is 10.1 Å². The Morgan fingerprint density at radius 3 is 2.71 bits per heavy atom. The summed E-state index contributed by atoms with van der Waals surface area (Å²) in [5, 5.41) is 10.9. The summed E-state index contributed by atoms with van der Waals surface area (Å²) in [6.45, 7) is 1.27. The van der Waals surface area contributed by atoms with Gasteiger partial charge in [-0.3, -0.25) is 14.9 Å². The molecule has 0 spiro atoms. The van der Waals surface area contributed by atoms with Crippen LogP contribution >= 0.6 is 11.6 Å². The van der Waals surface area contributed by atoms with Gasteiger partial charge in [-0.25, -0.2) is 4.98 Å². The smallest absolute Gasteiger partial charge is 0.300 e. The molecule has 90 valence electrons. The van der Waals surface area contributed by atoms with Crippen LogP contribution in [0.5, 0.6) is 0 Å². The van der Waals surface area contributed by atoms with Crippen LogP contribution in [0.15, 0.2) is 12.3 Å². The number of amides is 1. The fourth-order valence-corrected chi connectivity index (χ4v) is 1.99. The van der Waals surface area contributed by atoms with Gasteiger partial charge in [0.2, 0.25) is 0 Å². The van der Waals surface area contributed by atoms with Crippen molar-refractivity contribution in [2.24, 2.45) is 0 Å². The zero-order chi connectivity index (χ0) is 12.4. The Hall–Kier alpha value is -1.69. The summed E-state index contributed by atoms with van der Waals surface area (Å²) in [6, 6.07) is 1.25. The van der Waals surface area contributed by atoms with Gasteiger partial charge < -0.3 is 4.90 Å². The highest BCUT2D eigenvalue weighted by molar-refractivity contribution is 6.29. The molecular weight excluding hydrogens is 246 g/mol. The molecule has 1 aromatic rings. The maximum atomic E-state index is 12.1. The summed E-state index contributed by atoms with van der Waals surface area (Å²) < 4.78 is 0. The fourth-order valence-electron chi connectivity index (χ4n) is 1.83. The van der Waals surface area contributed by atoms with Crippen LogP contribution < -0.4 is 0 Å². The zero-order valence-electron chi connectivity index (χ0n) is 8.93. The first-order chi connectivity index (χ1) is 8.09. The van der Waals surface area contributed by atoms with Crippen molar-refractivity contribution in [3.63, 3.8) is 0 Å². The minimum absolute atomic E-state index is 0.0110. The van der Waals surface area contributed by atoms with E-state index in [-0.39, 0.29) is 22.3 Å². The third kappa shape index (κ3) is 2.36. The number of rotatable bonds is 2. The first-order valence-corrected chi connectivity index (χ1v) is 5.56. The predicted molar refractivity (Wildman–Crippen MR) is 61.0 cm³/mol. The minimum Gasteiger partial charge on any atom is -0.338 e. The van der Waals surface area contributed by atoms with E-state index in [4.69, 9.17) is 11.6 Å². The van der Waals surface area contributed by atoms with Gasteiger partial charge in [0.05, 0.1) is 4.92 Å². The number of aromatic nitrogens is 1. The molecule has 1 aromatic heterocycles. The Kier molecular flexibility index (Phi) is 3.23. The topological polar surface area (TPSA) is 76.3 Å². The van der Waals surface area contributed by atoms with E-state index in [1.54, 1.807) is 4.90 Å². The summed E-state index contributed by atoms with van der Waals surface area (Å²) in [5.41, 5.74) is -0.289. The largest absolute Gasteiger partial charge is 0.338 e. The van der Waals surface area contributed by atoms with Crippen molar-refractivity contribution in [3.8, 4) is 0 Å². The van der Waals surface area contributed by atoms with Crippen LogP contribution in [-0.2, 0) is 0 Å². The average Bonchev–Trinajstić information content (AvgIpc) is 2.80. The molecule has 0 bridgehead atoms. The summed E-state index contributed by atoms with van der Waals surface area (Å²) in [4.78, 5) is 27.5. The third-order valence-corrected chi connectivity index (χ3v) is 2.88. The SMILES string of the molecule is O=C(c1cc(Cl)ncc1[N+](=O)[O-])N1CCCC1. The fraction of sp³-hybridized carbons (Fsp3) is 0.400. The van der Waals surface area contributed by atoms with Crippen molar-refractivity contribution in [2.75, 3.05) is 13.1 Å². The summed E-state index contributed by atoms with van der Waals surface area (Å²) >= 11 is 5.67. The Bertz CT molecular complexity index is 472. The first-order valence-electron chi connectivity index (χ1n) is 5.19. The Morgan fingerprint density at radius 1 is 1.47 bits per heavy atom. The molecule has 0 aliphatic carbocycles. The summed E-state index contributed by atoms with van der Waals surface area (Å²) in [6.07, 6.45) is 2.88. The molecular formula is C10H10ClN3O3. The molecule has 2 rings (SSSR count). The molecule has 1 aliphatic rings. The molecule has 0 radical (unpaired) electrons. The maximum Gasteiger partial charge on any atom is 0.300 e. The number of hydrogen-bond donors (Lipinski definition) is 0. The molecule has 2 heterocycles. The molecule has 1 amide bonds. The molecule has 1 fully saturated rings. The highest BCUT2D eigenvalue weighted by atomic mass is 35.5. The Balaban J connectivity index is 2.38. The number of nitro groups is 1. The van der Waals surface area contributed by atoms with Gasteiger partial charge >= 0.3 is 0 Å². The van der Waals surface area contributed by atoms with Crippen LogP contribution in [0.4, 0.5) is 5.69 Å². The molecule has 1 aliphatic heterocycles. The average molecular weight is 256 g/mol. The molecule has 0 saturated carbocycles. The van der Waals surface area contributed by atoms with Gasteiger partial charge in [0, 0.05) is 13.1 Å². The van der Waals surface area contributed by atoms with Gasteiger partial charge in [-0.2, -0.15) is 0 Å². The third-order valence-electron chi connectivity index (χ3n) is 2.67. The second kappa shape index (κ2) is 4.67. The number of halogens is 1. The molecule has 17 heavy (non-hydrogen) atoms. The summed E-state index contributed by atoms with van der Waals surface area (Å²) in [5.74, 6) is -0.349. The molecule has 0 atom stereocenters. The lowest BCUT2D eigenvalue weighted by Gasteiger charge is -2.14. The van der Waals surface area contributed by atoms with E-state index in [9.17, 15) is 14.9 Å². The summed E-state index contributed by atoms with van der Waals surface area (Å²) in [7, 11) is 0. The van der Waals surface area contributed by atoms with Crippen LogP contribution in [0.3, 0.4) is 0 Å². The Labute approximate surface area is 102 Å². The normalized spacial score (nSPS) is 15.0. The van der Waals surface area contributed by atoms with E-state index in [0.29, 0.717) is 13.1 Å². The van der Waals surface area contributed by atoms with E-state index < -0.39 is 4.92 Å². The molecule has 0 N–H and O–H groups in total. The lowest BCUT2D eigenvalue weighted by Crippen LogP contribution is -2.28. The molecule has 0 aromatic carbocycles. The number of pyridine rings is 1. The second-order valence-corrected chi connectivity index (χ2v) is 4.17. The van der Waals surface area contributed by atoms with Crippen molar-refractivity contribution in [2.45, 2.75) is 12.8 Å². The van der Waals surface area contributed by atoms with Gasteiger partial charge in [-0.05, 0) is 18.9 Å². The Morgan fingerprint density at radius 2 is 2.12 bits per heavy atom. The van der Waals surface area contributed by atoms with Gasteiger partial charge in [-0.15, -0.1) is 0 Å². The van der Waals surface area contributed by atoms with E-state index in [0.717, 1.165) is 19.0 Å². The van der Waals surface area contributed by atoms with E-state index in [2.05, 4.69) is 4.98 Å². The zero-order valence-corrected chi connectivity index (χ0v) is 9.68. The van der Waals surface area contributed by atoms with Crippen LogP contribution in [0.1, 0.15) is 23.2 Å². The van der Waals surface area contributed by atoms with Crippen molar-refractivity contribution in [3.05, 3.63) is 33.1 Å². The van der Waals surface area contributed by atoms with E-state index in [1.165, 1.54) is 6.07 Å². The van der Waals surface area contributed by atoms with Crippen molar-refractivity contribution < 1.29 is 9.72 Å². The lowest BCUT2D eigenvalue weighted by molar-refractivity contribution is -0.385. The van der Waals surface area contributed by atoms with E-state index in [1.807, 2.05) is 0 Å². The monoisotopic (exact) mass is 255 g/mol. The number of hydrogen-bond acceptors (Lipinski definition) is 4. The number of likely N-dealkylation sites (tertiary alicyclic amines) is 1. The number of nitrogens with zero attached hydrogens (tertiary/aromatic N) is 3. The molecule has 7 heteroatoms. The molecule has 1 saturated heterocycles. The van der Waals surface area contributed by atoms with Crippen LogP contribution in [0.2, 0.25) is 5.15 Å². The van der Waals surface area contributed by atoms with Crippen molar-refractivity contribution in [1.29, 1.82) is 0 Å². The lowest BCUT2D eigenvalue weighted by atomic mass is 10.2. The van der Waals surface area contributed by atoms with Gasteiger partial charge in [0.1, 0.15) is 16.9 Å². The first kappa shape index (κ1) is 11.8. The van der Waals surface area contributed by atoms with Crippen molar-refractivity contribution in [1.82, 2.24) is 9.88 Å². The molecule has 6 nitrogen and oxygen atoms in total. The number of carbonyl (C=O) groups is 1. The van der Waals surface area contributed by atoms with Crippen LogP contribution in [-0.4, -0.2) is 33.8 Å². The minimum atomic E-state index is -0.618. The molecule has 0 unspecified atom stereocenters. The van der Waals surface area contributed by atoms with Crippen LogP contribution in [0.25, 0.3) is 0 Å². The maximum absolute atomic E-state index is 12.1.